The minimum absolute atomic E-state index is 0.764. The van der Waals surface area contributed by atoms with Gasteiger partial charge in [0.2, 0.25) is 0 Å². The van der Waals surface area contributed by atoms with Crippen molar-refractivity contribution in [2.45, 2.75) is 27.2 Å². The third kappa shape index (κ3) is 7.09. The highest BCUT2D eigenvalue weighted by Crippen LogP contribution is 2.28. The Labute approximate surface area is 233 Å². The van der Waals surface area contributed by atoms with E-state index < -0.39 is 0 Å². The number of benzene rings is 2. The normalized spacial score (nSPS) is 18.8. The lowest BCUT2D eigenvalue weighted by molar-refractivity contribution is 0.288. The molecule has 0 radical (unpaired) electrons. The van der Waals surface area contributed by atoms with Gasteiger partial charge in [0.1, 0.15) is 11.5 Å². The van der Waals surface area contributed by atoms with Crippen LogP contribution in [0.3, 0.4) is 0 Å². The summed E-state index contributed by atoms with van der Waals surface area (Å²) in [6.07, 6.45) is 11.3. The van der Waals surface area contributed by atoms with Crippen LogP contribution < -0.4 is 16.0 Å². The van der Waals surface area contributed by atoms with Crippen LogP contribution in [0.5, 0.6) is 0 Å². The molecule has 3 aliphatic heterocycles. The number of nitrogens with two attached hydrogens (primary N) is 1. The van der Waals surface area contributed by atoms with E-state index in [0.717, 1.165) is 78.8 Å². The van der Waals surface area contributed by atoms with Gasteiger partial charge < -0.3 is 20.7 Å². The van der Waals surface area contributed by atoms with Gasteiger partial charge in [-0.15, -0.1) is 0 Å². The Bertz CT molecular complexity index is 1310. The number of aliphatic imine (C=N–C) groups is 1. The van der Waals surface area contributed by atoms with Crippen molar-refractivity contribution in [3.05, 3.63) is 113 Å². The summed E-state index contributed by atoms with van der Waals surface area (Å²) >= 11 is 0. The van der Waals surface area contributed by atoms with E-state index in [1.54, 1.807) is 7.11 Å². The molecule has 6 heteroatoms. The molecule has 0 spiro atoms. The molecule has 2 aromatic carbocycles. The maximum absolute atomic E-state index is 6.44. The first kappa shape index (κ1) is 28.0. The van der Waals surface area contributed by atoms with Gasteiger partial charge >= 0.3 is 0 Å². The third-order valence-corrected chi connectivity index (χ3v) is 7.04. The fraction of sp³-hybridized carbons (Fsp3) is 0.303. The molecule has 2 aromatic rings. The number of anilines is 2. The van der Waals surface area contributed by atoms with E-state index in [2.05, 4.69) is 76.7 Å². The van der Waals surface area contributed by atoms with Crippen LogP contribution in [0.1, 0.15) is 32.8 Å². The van der Waals surface area contributed by atoms with Crippen molar-refractivity contribution in [3.8, 4) is 0 Å². The number of ether oxygens (including phenoxy) is 1. The van der Waals surface area contributed by atoms with Crippen LogP contribution in [0.4, 0.5) is 11.4 Å². The van der Waals surface area contributed by atoms with Crippen LogP contribution in [0.2, 0.25) is 0 Å². The number of rotatable bonds is 7. The van der Waals surface area contributed by atoms with Crippen molar-refractivity contribution in [2.75, 3.05) is 50.5 Å². The Morgan fingerprint density at radius 2 is 1.74 bits per heavy atom. The van der Waals surface area contributed by atoms with E-state index >= 15 is 0 Å². The van der Waals surface area contributed by atoms with Crippen molar-refractivity contribution >= 4 is 22.7 Å². The molecule has 0 unspecified atom stereocenters. The highest BCUT2D eigenvalue weighted by atomic mass is 16.5. The van der Waals surface area contributed by atoms with E-state index in [9.17, 15) is 0 Å². The molecule has 0 aromatic heterocycles. The Hall–Kier alpha value is -4.03. The Balaban J connectivity index is 0.00000172. The maximum atomic E-state index is 6.44. The molecule has 3 aliphatic rings. The number of para-hydroxylation sites is 2. The summed E-state index contributed by atoms with van der Waals surface area (Å²) < 4.78 is 5.69. The average Bonchev–Trinajstić information content (AvgIpc) is 3.37. The second-order valence-electron chi connectivity index (χ2n) is 9.58. The van der Waals surface area contributed by atoms with Gasteiger partial charge in [0.15, 0.2) is 0 Å². The van der Waals surface area contributed by atoms with E-state index in [1.165, 1.54) is 11.3 Å². The van der Waals surface area contributed by atoms with Gasteiger partial charge in [-0.3, -0.25) is 4.90 Å². The molecular weight excluding hydrogens is 482 g/mol. The molecule has 0 aliphatic carbocycles. The lowest BCUT2D eigenvalue weighted by atomic mass is 10.0. The number of nitrogens with one attached hydrogen (secondary N) is 1. The van der Waals surface area contributed by atoms with Crippen LogP contribution >= 0.6 is 0 Å². The second-order valence-corrected chi connectivity index (χ2v) is 9.58. The van der Waals surface area contributed by atoms with Crippen molar-refractivity contribution in [1.29, 1.82) is 0 Å². The lowest BCUT2D eigenvalue weighted by Crippen LogP contribution is -2.46. The standard InChI is InChI=1S/C31H35N5O.C2H6/c1-23-9-8-14-33-29(23)21-30-31(37-2)20-25(34-30)19-24(27-12-6-7-13-28(27)32)22-35-15-17-36(18-16-35)26-10-4-3-5-11-26;1-2/h3-8,10-14,19-21,33H,9,15-18,22,32H2,1-2H3;1-2H3/b24-19+,30-21-;. The summed E-state index contributed by atoms with van der Waals surface area (Å²) in [4.78, 5) is 9.88. The molecular formula is C33H41N5O. The van der Waals surface area contributed by atoms with E-state index in [0.29, 0.717) is 0 Å². The van der Waals surface area contributed by atoms with Gasteiger partial charge in [-0.1, -0.05) is 56.3 Å². The average molecular weight is 524 g/mol. The van der Waals surface area contributed by atoms with Crippen molar-refractivity contribution in [3.63, 3.8) is 0 Å². The molecule has 3 heterocycles. The molecule has 1 fully saturated rings. The summed E-state index contributed by atoms with van der Waals surface area (Å²) in [6.45, 7) is 10.9. The second kappa shape index (κ2) is 13.7. The van der Waals surface area contributed by atoms with Crippen LogP contribution in [-0.4, -0.2) is 50.4 Å². The molecule has 204 valence electrons. The van der Waals surface area contributed by atoms with Crippen LogP contribution in [-0.2, 0) is 4.74 Å². The number of nitrogen functional groups attached to an aromatic ring is 1. The van der Waals surface area contributed by atoms with Gasteiger partial charge in [-0.2, -0.15) is 0 Å². The minimum atomic E-state index is 0.764. The molecule has 0 atom stereocenters. The molecule has 39 heavy (non-hydrogen) atoms. The lowest BCUT2D eigenvalue weighted by Gasteiger charge is -2.36. The highest BCUT2D eigenvalue weighted by Gasteiger charge is 2.21. The van der Waals surface area contributed by atoms with Gasteiger partial charge in [0.25, 0.3) is 0 Å². The van der Waals surface area contributed by atoms with E-state index in [-0.39, 0.29) is 0 Å². The van der Waals surface area contributed by atoms with E-state index in [1.807, 2.05) is 44.3 Å². The molecule has 0 saturated carbocycles. The summed E-state index contributed by atoms with van der Waals surface area (Å²) in [5.41, 5.74) is 14.8. The number of hydrogen-bond acceptors (Lipinski definition) is 6. The summed E-state index contributed by atoms with van der Waals surface area (Å²) in [7, 11) is 1.69. The SMILES string of the molecule is CC.COC1=CC(/C=C(\CN2CCN(c3ccccc3)CC2)c2ccccc2N)=NC/1=C\C1=C(C)CC=CN1. The van der Waals surface area contributed by atoms with Crippen LogP contribution in [0, 0.1) is 0 Å². The molecule has 5 rings (SSSR count). The van der Waals surface area contributed by atoms with E-state index in [4.69, 9.17) is 15.5 Å². The number of methoxy groups -OCH3 is 1. The molecule has 0 bridgehead atoms. The Morgan fingerprint density at radius 1 is 1.03 bits per heavy atom. The first-order chi connectivity index (χ1) is 19.1. The van der Waals surface area contributed by atoms with Crippen molar-refractivity contribution in [2.24, 2.45) is 4.99 Å². The van der Waals surface area contributed by atoms with Gasteiger partial charge in [0, 0.05) is 61.4 Å². The van der Waals surface area contributed by atoms with Crippen molar-refractivity contribution < 1.29 is 4.74 Å². The minimum Gasteiger partial charge on any atom is -0.494 e. The fourth-order valence-electron chi connectivity index (χ4n) is 4.92. The van der Waals surface area contributed by atoms with Crippen molar-refractivity contribution in [1.82, 2.24) is 10.2 Å². The summed E-state index contributed by atoms with van der Waals surface area (Å²) in [6, 6.07) is 18.7. The molecule has 1 saturated heterocycles. The number of allylic oxidation sites excluding steroid dienone is 5. The number of piperazine rings is 1. The summed E-state index contributed by atoms with van der Waals surface area (Å²) in [5.74, 6) is 0.764. The summed E-state index contributed by atoms with van der Waals surface area (Å²) in [5, 5.41) is 3.33. The van der Waals surface area contributed by atoms with Gasteiger partial charge in [-0.05, 0) is 61.0 Å². The quantitative estimate of drug-likeness (QED) is 0.426. The van der Waals surface area contributed by atoms with Crippen LogP contribution in [0.25, 0.3) is 5.57 Å². The Kier molecular flexibility index (Phi) is 9.81. The largest absolute Gasteiger partial charge is 0.494 e. The monoisotopic (exact) mass is 523 g/mol. The molecule has 0 amide bonds. The number of dihydropyridines is 1. The number of nitrogens with zero attached hydrogens (tertiary/aromatic N) is 3. The molecule has 3 N–H and O–H groups in total. The third-order valence-electron chi connectivity index (χ3n) is 7.04. The zero-order valence-electron chi connectivity index (χ0n) is 23.7. The van der Waals surface area contributed by atoms with Gasteiger partial charge in [-0.25, -0.2) is 4.99 Å². The first-order valence-corrected chi connectivity index (χ1v) is 13.9. The fourth-order valence-corrected chi connectivity index (χ4v) is 4.92. The zero-order valence-corrected chi connectivity index (χ0v) is 23.7. The smallest absolute Gasteiger partial charge is 0.146 e. The van der Waals surface area contributed by atoms with Gasteiger partial charge in [0.05, 0.1) is 12.8 Å². The highest BCUT2D eigenvalue weighted by molar-refractivity contribution is 6.11. The predicted molar refractivity (Wildman–Crippen MR) is 165 cm³/mol. The predicted octanol–water partition coefficient (Wildman–Crippen LogP) is 6.15. The van der Waals surface area contributed by atoms with Crippen LogP contribution in [0.15, 0.2) is 113 Å². The number of hydrogen-bond donors (Lipinski definition) is 2. The topological polar surface area (TPSA) is 66.1 Å². The zero-order chi connectivity index (χ0) is 27.6. The maximum Gasteiger partial charge on any atom is 0.146 e. The first-order valence-electron chi connectivity index (χ1n) is 13.9. The molecule has 6 nitrogen and oxygen atoms in total. The Morgan fingerprint density at radius 3 is 2.44 bits per heavy atom.